The average molecular weight is 320 g/mol. The standard InChI is InChI=1S/C14H26BrNO2/c1-11(13(2,3)4)9-12(17)16-14(10-15)5-7-18-8-6-14/h11H,5-10H2,1-4H3,(H,16,17). The number of rotatable bonds is 4. The molecule has 106 valence electrons. The van der Waals surface area contributed by atoms with E-state index >= 15 is 0 Å². The Morgan fingerprint density at radius 1 is 1.39 bits per heavy atom. The van der Waals surface area contributed by atoms with Crippen LogP contribution in [0.1, 0.15) is 47.0 Å². The van der Waals surface area contributed by atoms with Gasteiger partial charge in [-0.25, -0.2) is 0 Å². The van der Waals surface area contributed by atoms with E-state index in [1.807, 2.05) is 0 Å². The zero-order chi connectivity index (χ0) is 13.8. The number of halogens is 1. The second-order valence-electron chi connectivity index (χ2n) is 6.55. The molecule has 1 heterocycles. The summed E-state index contributed by atoms with van der Waals surface area (Å²) in [6.45, 7) is 10.2. The maximum atomic E-state index is 12.2. The van der Waals surface area contributed by atoms with E-state index in [4.69, 9.17) is 4.74 Å². The van der Waals surface area contributed by atoms with E-state index in [0.29, 0.717) is 12.3 Å². The fourth-order valence-electron chi connectivity index (χ4n) is 1.99. The molecule has 0 saturated carbocycles. The van der Waals surface area contributed by atoms with Crippen molar-refractivity contribution in [2.24, 2.45) is 11.3 Å². The molecule has 1 amide bonds. The molecule has 1 unspecified atom stereocenters. The van der Waals surface area contributed by atoms with Crippen LogP contribution < -0.4 is 5.32 Å². The van der Waals surface area contributed by atoms with Crippen molar-refractivity contribution in [3.63, 3.8) is 0 Å². The molecule has 0 spiro atoms. The van der Waals surface area contributed by atoms with E-state index in [1.54, 1.807) is 0 Å². The van der Waals surface area contributed by atoms with Crippen LogP contribution in [-0.2, 0) is 9.53 Å². The highest BCUT2D eigenvalue weighted by molar-refractivity contribution is 9.09. The molecule has 1 saturated heterocycles. The number of carbonyl (C=O) groups is 1. The molecule has 1 aliphatic rings. The van der Waals surface area contributed by atoms with Crippen LogP contribution in [0.5, 0.6) is 0 Å². The van der Waals surface area contributed by atoms with Gasteiger partial charge in [0.2, 0.25) is 5.91 Å². The summed E-state index contributed by atoms with van der Waals surface area (Å²) < 4.78 is 5.37. The molecule has 0 aromatic carbocycles. The number of nitrogens with one attached hydrogen (secondary N) is 1. The summed E-state index contributed by atoms with van der Waals surface area (Å²) in [5, 5.41) is 4.02. The van der Waals surface area contributed by atoms with Crippen molar-refractivity contribution < 1.29 is 9.53 Å². The predicted octanol–water partition coefficient (Wildman–Crippen LogP) is 3.12. The molecule has 1 atom stereocenters. The van der Waals surface area contributed by atoms with Crippen molar-refractivity contribution in [2.75, 3.05) is 18.5 Å². The van der Waals surface area contributed by atoms with Crippen LogP contribution in [0.4, 0.5) is 0 Å². The van der Waals surface area contributed by atoms with Crippen LogP contribution in [-0.4, -0.2) is 30.0 Å². The lowest BCUT2D eigenvalue weighted by Crippen LogP contribution is -2.53. The fraction of sp³-hybridized carbons (Fsp3) is 0.929. The first-order valence-corrected chi connectivity index (χ1v) is 7.86. The lowest BCUT2D eigenvalue weighted by atomic mass is 9.79. The summed E-state index contributed by atoms with van der Waals surface area (Å²) in [4.78, 5) is 12.2. The minimum Gasteiger partial charge on any atom is -0.381 e. The Hall–Kier alpha value is -0.0900. The van der Waals surface area contributed by atoms with Crippen LogP contribution >= 0.6 is 15.9 Å². The minimum atomic E-state index is -0.104. The van der Waals surface area contributed by atoms with E-state index in [9.17, 15) is 4.79 Å². The zero-order valence-corrected chi connectivity index (χ0v) is 13.6. The molecule has 1 fully saturated rings. The van der Waals surface area contributed by atoms with Gasteiger partial charge in [0, 0.05) is 25.0 Å². The Balaban J connectivity index is 2.52. The Morgan fingerprint density at radius 2 is 1.94 bits per heavy atom. The first-order valence-electron chi connectivity index (χ1n) is 6.74. The van der Waals surface area contributed by atoms with Gasteiger partial charge in [0.1, 0.15) is 0 Å². The molecular weight excluding hydrogens is 294 g/mol. The highest BCUT2D eigenvalue weighted by Crippen LogP contribution is 2.29. The lowest BCUT2D eigenvalue weighted by molar-refractivity contribution is -0.125. The van der Waals surface area contributed by atoms with E-state index in [2.05, 4.69) is 48.9 Å². The summed E-state index contributed by atoms with van der Waals surface area (Å²) in [6, 6.07) is 0. The lowest BCUT2D eigenvalue weighted by Gasteiger charge is -2.37. The number of carbonyl (C=O) groups excluding carboxylic acids is 1. The van der Waals surface area contributed by atoms with E-state index < -0.39 is 0 Å². The summed E-state index contributed by atoms with van der Waals surface area (Å²) in [5.41, 5.74) is 0.0710. The van der Waals surface area contributed by atoms with Crippen molar-refractivity contribution in [1.29, 1.82) is 0 Å². The maximum Gasteiger partial charge on any atom is 0.220 e. The van der Waals surface area contributed by atoms with Gasteiger partial charge < -0.3 is 10.1 Å². The molecule has 4 heteroatoms. The zero-order valence-electron chi connectivity index (χ0n) is 12.0. The smallest absolute Gasteiger partial charge is 0.220 e. The topological polar surface area (TPSA) is 38.3 Å². The van der Waals surface area contributed by atoms with Crippen molar-refractivity contribution in [2.45, 2.75) is 52.5 Å². The summed E-state index contributed by atoms with van der Waals surface area (Å²) >= 11 is 3.53. The van der Waals surface area contributed by atoms with Gasteiger partial charge in [0.25, 0.3) is 0 Å². The van der Waals surface area contributed by atoms with Crippen LogP contribution in [0.15, 0.2) is 0 Å². The minimum absolute atomic E-state index is 0.104. The number of amides is 1. The second-order valence-corrected chi connectivity index (χ2v) is 7.11. The third-order valence-electron chi connectivity index (χ3n) is 4.08. The molecule has 0 radical (unpaired) electrons. The Kier molecular flexibility index (Phi) is 5.66. The van der Waals surface area contributed by atoms with Gasteiger partial charge in [-0.1, -0.05) is 43.6 Å². The van der Waals surface area contributed by atoms with Crippen molar-refractivity contribution in [3.8, 4) is 0 Å². The van der Waals surface area contributed by atoms with Crippen LogP contribution in [0.25, 0.3) is 0 Å². The molecule has 1 aliphatic heterocycles. The fourth-order valence-corrected chi connectivity index (χ4v) is 2.69. The molecule has 1 rings (SSSR count). The average Bonchev–Trinajstić information content (AvgIpc) is 2.28. The van der Waals surface area contributed by atoms with Gasteiger partial charge in [-0.3, -0.25) is 4.79 Å². The summed E-state index contributed by atoms with van der Waals surface area (Å²) in [7, 11) is 0. The molecule has 0 aromatic heterocycles. The molecule has 1 N–H and O–H groups in total. The third kappa shape index (κ3) is 4.54. The van der Waals surface area contributed by atoms with Gasteiger partial charge >= 0.3 is 0 Å². The third-order valence-corrected chi connectivity index (χ3v) is 5.15. The van der Waals surface area contributed by atoms with Gasteiger partial charge in [0.15, 0.2) is 0 Å². The number of hydrogen-bond donors (Lipinski definition) is 1. The molecule has 0 aliphatic carbocycles. The summed E-state index contributed by atoms with van der Waals surface area (Å²) in [6.07, 6.45) is 2.39. The van der Waals surface area contributed by atoms with E-state index in [-0.39, 0.29) is 16.9 Å². The van der Waals surface area contributed by atoms with Crippen molar-refractivity contribution in [3.05, 3.63) is 0 Å². The van der Waals surface area contributed by atoms with E-state index in [1.165, 1.54) is 0 Å². The Morgan fingerprint density at radius 3 is 2.39 bits per heavy atom. The van der Waals surface area contributed by atoms with Gasteiger partial charge in [-0.05, 0) is 24.2 Å². The van der Waals surface area contributed by atoms with Crippen LogP contribution in [0, 0.1) is 11.3 Å². The first-order chi connectivity index (χ1) is 8.29. The normalized spacial score (nSPS) is 21.4. The van der Waals surface area contributed by atoms with E-state index in [0.717, 1.165) is 31.4 Å². The highest BCUT2D eigenvalue weighted by atomic mass is 79.9. The maximum absolute atomic E-state index is 12.2. The monoisotopic (exact) mass is 319 g/mol. The predicted molar refractivity (Wildman–Crippen MR) is 78.0 cm³/mol. The van der Waals surface area contributed by atoms with Crippen LogP contribution in [0.2, 0.25) is 0 Å². The number of ether oxygens (including phenoxy) is 1. The molecule has 3 nitrogen and oxygen atoms in total. The largest absolute Gasteiger partial charge is 0.381 e. The molecule has 0 aromatic rings. The van der Waals surface area contributed by atoms with Gasteiger partial charge in [0.05, 0.1) is 5.54 Å². The quantitative estimate of drug-likeness (QED) is 0.808. The van der Waals surface area contributed by atoms with Crippen LogP contribution in [0.3, 0.4) is 0 Å². The first kappa shape index (κ1) is 16.0. The highest BCUT2D eigenvalue weighted by Gasteiger charge is 2.34. The molecule has 18 heavy (non-hydrogen) atoms. The van der Waals surface area contributed by atoms with Gasteiger partial charge in [-0.2, -0.15) is 0 Å². The molecule has 0 bridgehead atoms. The van der Waals surface area contributed by atoms with Crippen molar-refractivity contribution >= 4 is 21.8 Å². The number of alkyl halides is 1. The summed E-state index contributed by atoms with van der Waals surface area (Å²) in [5.74, 6) is 0.545. The Labute approximate surface area is 119 Å². The second kappa shape index (κ2) is 6.38. The SMILES string of the molecule is CC(CC(=O)NC1(CBr)CCOCC1)C(C)(C)C. The Bertz CT molecular complexity index is 280. The van der Waals surface area contributed by atoms with Crippen molar-refractivity contribution in [1.82, 2.24) is 5.32 Å². The molecular formula is C14H26BrNO2. The van der Waals surface area contributed by atoms with Gasteiger partial charge in [-0.15, -0.1) is 0 Å². The number of hydrogen-bond acceptors (Lipinski definition) is 2.